The molecular weight excluding hydrogens is 227 g/mol. The Kier molecular flexibility index (Phi) is 4.05. The van der Waals surface area contributed by atoms with Crippen molar-refractivity contribution >= 4 is 18.1 Å². The van der Waals surface area contributed by atoms with Gasteiger partial charge in [-0.15, -0.1) is 12.4 Å². The van der Waals surface area contributed by atoms with E-state index in [1.165, 1.54) is 18.2 Å². The Hall–Kier alpha value is -0.900. The molecule has 0 radical (unpaired) electrons. The van der Waals surface area contributed by atoms with E-state index in [-0.39, 0.29) is 18.0 Å². The SMILES string of the molecule is CC(C)(c1cccc(N)c1)C(F)(F)F.Cl. The molecule has 1 aromatic carbocycles. The molecule has 15 heavy (non-hydrogen) atoms. The molecule has 0 heterocycles. The number of benzene rings is 1. The van der Waals surface area contributed by atoms with Gasteiger partial charge >= 0.3 is 6.18 Å². The van der Waals surface area contributed by atoms with Gasteiger partial charge in [0, 0.05) is 5.69 Å². The van der Waals surface area contributed by atoms with Crippen LogP contribution in [0, 0.1) is 0 Å². The van der Waals surface area contributed by atoms with Crippen molar-refractivity contribution in [2.24, 2.45) is 0 Å². The van der Waals surface area contributed by atoms with Crippen LogP contribution in [-0.2, 0) is 5.41 Å². The number of hydrogen-bond donors (Lipinski definition) is 1. The van der Waals surface area contributed by atoms with Gasteiger partial charge in [-0.25, -0.2) is 0 Å². The molecule has 1 rings (SSSR count). The fraction of sp³-hybridized carbons (Fsp3) is 0.400. The fourth-order valence-corrected chi connectivity index (χ4v) is 1.09. The van der Waals surface area contributed by atoms with Crippen molar-refractivity contribution in [2.75, 3.05) is 5.73 Å². The molecule has 0 bridgehead atoms. The normalized spacial score (nSPS) is 12.1. The molecule has 1 nitrogen and oxygen atoms in total. The highest BCUT2D eigenvalue weighted by Gasteiger charge is 2.48. The van der Waals surface area contributed by atoms with E-state index in [9.17, 15) is 13.2 Å². The maximum Gasteiger partial charge on any atom is 0.397 e. The minimum Gasteiger partial charge on any atom is -0.399 e. The number of rotatable bonds is 1. The predicted molar refractivity (Wildman–Crippen MR) is 57.2 cm³/mol. The number of alkyl halides is 3. The van der Waals surface area contributed by atoms with Crippen LogP contribution in [0.3, 0.4) is 0 Å². The molecule has 0 aromatic heterocycles. The van der Waals surface area contributed by atoms with Gasteiger partial charge in [0.15, 0.2) is 0 Å². The van der Waals surface area contributed by atoms with Crippen molar-refractivity contribution in [3.8, 4) is 0 Å². The Bertz CT molecular complexity index is 334. The lowest BCUT2D eigenvalue weighted by atomic mass is 9.84. The third-order valence-electron chi connectivity index (χ3n) is 2.32. The van der Waals surface area contributed by atoms with Gasteiger partial charge in [0.2, 0.25) is 0 Å². The van der Waals surface area contributed by atoms with Crippen molar-refractivity contribution in [3.63, 3.8) is 0 Å². The summed E-state index contributed by atoms with van der Waals surface area (Å²) in [6.45, 7) is 2.28. The molecule has 0 aliphatic rings. The lowest BCUT2D eigenvalue weighted by Gasteiger charge is -2.28. The maximum absolute atomic E-state index is 12.6. The van der Waals surface area contributed by atoms with E-state index >= 15 is 0 Å². The Morgan fingerprint density at radius 2 is 1.67 bits per heavy atom. The van der Waals surface area contributed by atoms with E-state index in [4.69, 9.17) is 5.73 Å². The van der Waals surface area contributed by atoms with Crippen molar-refractivity contribution in [2.45, 2.75) is 25.4 Å². The highest BCUT2D eigenvalue weighted by molar-refractivity contribution is 5.85. The van der Waals surface area contributed by atoms with Gasteiger partial charge in [-0.1, -0.05) is 12.1 Å². The summed E-state index contributed by atoms with van der Waals surface area (Å²) < 4.78 is 37.8. The molecule has 0 fully saturated rings. The van der Waals surface area contributed by atoms with E-state index in [1.807, 2.05) is 0 Å². The monoisotopic (exact) mass is 239 g/mol. The summed E-state index contributed by atoms with van der Waals surface area (Å²) in [6.07, 6.45) is -4.26. The standard InChI is InChI=1S/C10H12F3N.ClH/c1-9(2,10(11,12)13)7-4-3-5-8(14)6-7;/h3-6H,14H2,1-2H3;1H. The van der Waals surface area contributed by atoms with E-state index in [0.29, 0.717) is 5.69 Å². The maximum atomic E-state index is 12.6. The zero-order valence-electron chi connectivity index (χ0n) is 8.43. The Morgan fingerprint density at radius 1 is 1.13 bits per heavy atom. The molecule has 0 atom stereocenters. The first-order valence-electron chi connectivity index (χ1n) is 4.18. The number of nitrogens with two attached hydrogens (primary N) is 1. The first-order valence-corrected chi connectivity index (χ1v) is 4.18. The molecule has 0 unspecified atom stereocenters. The highest BCUT2D eigenvalue weighted by Crippen LogP contribution is 2.40. The van der Waals surface area contributed by atoms with Crippen LogP contribution in [0.5, 0.6) is 0 Å². The molecular formula is C10H13ClF3N. The van der Waals surface area contributed by atoms with E-state index in [2.05, 4.69) is 0 Å². The molecule has 0 saturated carbocycles. The number of hydrogen-bond acceptors (Lipinski definition) is 1. The smallest absolute Gasteiger partial charge is 0.397 e. The summed E-state index contributed by atoms with van der Waals surface area (Å²) in [5.41, 5.74) is 4.10. The van der Waals surface area contributed by atoms with Gasteiger partial charge in [0.1, 0.15) is 0 Å². The molecule has 5 heteroatoms. The summed E-state index contributed by atoms with van der Waals surface area (Å²) in [5.74, 6) is 0. The molecule has 1 aromatic rings. The highest BCUT2D eigenvalue weighted by atomic mass is 35.5. The molecule has 2 N–H and O–H groups in total. The Labute approximate surface area is 92.9 Å². The number of nitrogen functional groups attached to an aromatic ring is 1. The van der Waals surface area contributed by atoms with Gasteiger partial charge in [-0.2, -0.15) is 13.2 Å². The third kappa shape index (κ3) is 2.78. The summed E-state index contributed by atoms with van der Waals surface area (Å²) in [4.78, 5) is 0. The molecule has 0 amide bonds. The van der Waals surface area contributed by atoms with Crippen molar-refractivity contribution in [1.29, 1.82) is 0 Å². The zero-order valence-corrected chi connectivity index (χ0v) is 9.25. The fourth-order valence-electron chi connectivity index (χ4n) is 1.09. The van der Waals surface area contributed by atoms with Crippen LogP contribution in [0.25, 0.3) is 0 Å². The van der Waals surface area contributed by atoms with E-state index in [1.54, 1.807) is 6.07 Å². The predicted octanol–water partition coefficient (Wildman–Crippen LogP) is 3.53. The van der Waals surface area contributed by atoms with Gasteiger partial charge < -0.3 is 5.73 Å². The molecule has 0 aliphatic carbocycles. The summed E-state index contributed by atoms with van der Waals surface area (Å²) in [5, 5.41) is 0. The average Bonchev–Trinajstić information content (AvgIpc) is 2.02. The van der Waals surface area contributed by atoms with Crippen LogP contribution in [0.2, 0.25) is 0 Å². The van der Waals surface area contributed by atoms with Crippen LogP contribution in [0.4, 0.5) is 18.9 Å². The second kappa shape index (κ2) is 4.31. The topological polar surface area (TPSA) is 26.0 Å². The number of anilines is 1. The lowest BCUT2D eigenvalue weighted by Crippen LogP contribution is -2.36. The lowest BCUT2D eigenvalue weighted by molar-refractivity contribution is -0.180. The molecule has 0 aliphatic heterocycles. The third-order valence-corrected chi connectivity index (χ3v) is 2.32. The molecule has 0 saturated heterocycles. The van der Waals surface area contributed by atoms with Gasteiger partial charge in [-0.3, -0.25) is 0 Å². The first kappa shape index (κ1) is 14.1. The second-order valence-corrected chi connectivity index (χ2v) is 3.75. The van der Waals surface area contributed by atoms with Gasteiger partial charge in [0.25, 0.3) is 0 Å². The summed E-state index contributed by atoms with van der Waals surface area (Å²) in [6, 6.07) is 5.88. The van der Waals surface area contributed by atoms with Crippen LogP contribution >= 0.6 is 12.4 Å². The quantitative estimate of drug-likeness (QED) is 0.746. The van der Waals surface area contributed by atoms with Gasteiger partial charge in [-0.05, 0) is 31.5 Å². The van der Waals surface area contributed by atoms with Crippen LogP contribution in [-0.4, -0.2) is 6.18 Å². The zero-order chi connectivity index (χ0) is 11.0. The minimum atomic E-state index is -4.26. The van der Waals surface area contributed by atoms with Crippen LogP contribution in [0.1, 0.15) is 19.4 Å². The minimum absolute atomic E-state index is 0. The summed E-state index contributed by atoms with van der Waals surface area (Å²) in [7, 11) is 0. The second-order valence-electron chi connectivity index (χ2n) is 3.75. The van der Waals surface area contributed by atoms with Crippen molar-refractivity contribution < 1.29 is 13.2 Å². The average molecular weight is 240 g/mol. The Balaban J connectivity index is 0.00000196. The van der Waals surface area contributed by atoms with Crippen molar-refractivity contribution in [3.05, 3.63) is 29.8 Å². The van der Waals surface area contributed by atoms with E-state index in [0.717, 1.165) is 13.8 Å². The largest absolute Gasteiger partial charge is 0.399 e. The first-order chi connectivity index (χ1) is 6.25. The van der Waals surface area contributed by atoms with E-state index < -0.39 is 11.6 Å². The number of halogens is 4. The molecule has 86 valence electrons. The Morgan fingerprint density at radius 3 is 2.07 bits per heavy atom. The van der Waals surface area contributed by atoms with Gasteiger partial charge in [0.05, 0.1) is 5.41 Å². The van der Waals surface area contributed by atoms with Crippen LogP contribution in [0.15, 0.2) is 24.3 Å². The van der Waals surface area contributed by atoms with Crippen LogP contribution < -0.4 is 5.73 Å². The van der Waals surface area contributed by atoms with Crippen molar-refractivity contribution in [1.82, 2.24) is 0 Å². The summed E-state index contributed by atoms with van der Waals surface area (Å²) >= 11 is 0. The molecule has 0 spiro atoms.